The molecule has 0 N–H and O–H groups in total. The maximum atomic E-state index is 12.0. The van der Waals surface area contributed by atoms with Gasteiger partial charge >= 0.3 is 228 Å². The molecule has 0 atom stereocenters. The normalized spacial score (nSPS) is 12.1. The van der Waals surface area contributed by atoms with E-state index in [-0.39, 0.29) is 17.3 Å². The first-order valence-corrected chi connectivity index (χ1v) is 16.4. The number of benzene rings is 3. The van der Waals surface area contributed by atoms with Crippen LogP contribution in [0.1, 0.15) is 16.7 Å². The Morgan fingerprint density at radius 3 is 1.16 bits per heavy atom. The minimum atomic E-state index is -4.43. The summed E-state index contributed by atoms with van der Waals surface area (Å²) in [5, 5.41) is 2.69. The van der Waals surface area contributed by atoms with Gasteiger partial charge in [-0.1, -0.05) is 0 Å². The molecule has 0 spiro atoms. The molecule has 0 heterocycles. The molecule has 3 nitrogen and oxygen atoms in total. The van der Waals surface area contributed by atoms with Gasteiger partial charge in [0.25, 0.3) is 0 Å². The second-order valence-corrected chi connectivity index (χ2v) is 14.9. The first-order chi connectivity index (χ1) is 15.1. The van der Waals surface area contributed by atoms with Crippen molar-refractivity contribution in [2.24, 2.45) is 0 Å². The summed E-state index contributed by atoms with van der Waals surface area (Å²) in [5.41, 5.74) is 2.13. The molecule has 0 aliphatic heterocycles. The fourth-order valence-corrected chi connectivity index (χ4v) is 11.5. The molecular formula is C21H15Cl6O3SSb. The van der Waals surface area contributed by atoms with Gasteiger partial charge in [0.15, 0.2) is 0 Å². The van der Waals surface area contributed by atoms with E-state index in [2.05, 4.69) is 0 Å². The van der Waals surface area contributed by atoms with E-state index in [1.807, 2.05) is 0 Å². The van der Waals surface area contributed by atoms with Crippen LogP contribution in [-0.4, -0.2) is 20.6 Å². The predicted octanol–water partition coefficient (Wildman–Crippen LogP) is 9.09. The molecule has 170 valence electrons. The summed E-state index contributed by atoms with van der Waals surface area (Å²) in [6.45, 7) is 0. The van der Waals surface area contributed by atoms with E-state index >= 15 is 0 Å². The first kappa shape index (κ1) is 26.7. The zero-order valence-corrected chi connectivity index (χ0v) is 24.1. The van der Waals surface area contributed by atoms with Crippen LogP contribution in [-0.2, 0) is 25.8 Å². The topological polar surface area (TPSA) is 43.4 Å². The van der Waals surface area contributed by atoms with Gasteiger partial charge in [-0.25, -0.2) is 0 Å². The summed E-state index contributed by atoms with van der Waals surface area (Å²) in [7, 11) is -2.39. The third-order valence-electron chi connectivity index (χ3n) is 4.52. The van der Waals surface area contributed by atoms with E-state index < -0.39 is 30.9 Å². The molecule has 3 aromatic rings. The Kier molecular flexibility index (Phi) is 9.78. The molecule has 0 unspecified atom stereocenters. The van der Waals surface area contributed by atoms with E-state index in [9.17, 15) is 6.03 Å². The van der Waals surface area contributed by atoms with Crippen LogP contribution < -0.4 is 0 Å². The zero-order chi connectivity index (χ0) is 23.5. The molecule has 32 heavy (non-hydrogen) atoms. The molecule has 3 rings (SSSR count). The number of halogens is 6. The Morgan fingerprint density at radius 2 is 0.906 bits per heavy atom. The van der Waals surface area contributed by atoms with Gasteiger partial charge < -0.3 is 0 Å². The molecule has 0 saturated heterocycles. The number of hydrogen-bond donors (Lipinski definition) is 0. The molecule has 0 aliphatic rings. The van der Waals surface area contributed by atoms with Crippen LogP contribution in [0, 0.1) is 0 Å². The van der Waals surface area contributed by atoms with Gasteiger partial charge in [-0.15, -0.1) is 0 Å². The van der Waals surface area contributed by atoms with Crippen LogP contribution in [0.4, 0.5) is 0 Å². The summed E-state index contributed by atoms with van der Waals surface area (Å²) < 4.78 is 29.8. The SMILES string of the molecule is [O]=[Sb](=[O])[O]S(Cc1ccc(Cl)cc1Cl)(Cc1ccc(Cl)cc1Cl)Cc1ccc(Cl)cc1Cl. The van der Waals surface area contributed by atoms with Gasteiger partial charge in [0.05, 0.1) is 0 Å². The molecule has 0 aliphatic carbocycles. The van der Waals surface area contributed by atoms with E-state index in [0.717, 1.165) is 0 Å². The van der Waals surface area contributed by atoms with Crippen LogP contribution in [0.2, 0.25) is 30.1 Å². The van der Waals surface area contributed by atoms with Gasteiger partial charge in [0, 0.05) is 0 Å². The van der Waals surface area contributed by atoms with Crippen molar-refractivity contribution >= 4 is 101 Å². The maximum absolute atomic E-state index is 12.0. The van der Waals surface area contributed by atoms with Crippen LogP contribution in [0.25, 0.3) is 0 Å². The average Bonchev–Trinajstić information content (AvgIpc) is 2.68. The van der Waals surface area contributed by atoms with Crippen LogP contribution >= 0.6 is 79.9 Å². The fraction of sp³-hybridized carbons (Fsp3) is 0.143. The molecule has 0 aromatic heterocycles. The summed E-state index contributed by atoms with van der Waals surface area (Å²) in [6.07, 6.45) is 0. The third kappa shape index (κ3) is 7.31. The third-order valence-corrected chi connectivity index (χ3v) is 13.0. The molecule has 0 radical (unpaired) electrons. The van der Waals surface area contributed by atoms with Crippen molar-refractivity contribution in [3.8, 4) is 0 Å². The summed E-state index contributed by atoms with van der Waals surface area (Å²) in [5.74, 6) is 0.768. The Bertz CT molecular complexity index is 1080. The second-order valence-electron chi connectivity index (χ2n) is 6.90. The van der Waals surface area contributed by atoms with E-state index in [1.165, 1.54) is 0 Å². The van der Waals surface area contributed by atoms with Crippen molar-refractivity contribution in [1.29, 1.82) is 0 Å². The van der Waals surface area contributed by atoms with Crippen LogP contribution in [0.3, 0.4) is 0 Å². The van der Waals surface area contributed by atoms with Gasteiger partial charge in [-0.2, -0.15) is 0 Å². The van der Waals surface area contributed by atoms with Crippen molar-refractivity contribution in [3.63, 3.8) is 0 Å². The van der Waals surface area contributed by atoms with Crippen molar-refractivity contribution in [2.75, 3.05) is 0 Å². The molecule has 0 bridgehead atoms. The molecule has 3 aromatic carbocycles. The predicted molar refractivity (Wildman–Crippen MR) is 136 cm³/mol. The van der Waals surface area contributed by atoms with E-state index in [1.54, 1.807) is 54.6 Å². The summed E-state index contributed by atoms with van der Waals surface area (Å²) >= 11 is 33.0. The van der Waals surface area contributed by atoms with Crippen molar-refractivity contribution < 1.29 is 8.50 Å². The van der Waals surface area contributed by atoms with Crippen molar-refractivity contribution in [1.82, 2.24) is 0 Å². The number of rotatable bonds is 8. The Labute approximate surface area is 225 Å². The molecule has 0 saturated carbocycles. The molecule has 0 fully saturated rings. The van der Waals surface area contributed by atoms with E-state index in [0.29, 0.717) is 46.8 Å². The van der Waals surface area contributed by atoms with Crippen molar-refractivity contribution in [3.05, 3.63) is 101 Å². The second kappa shape index (κ2) is 11.7. The van der Waals surface area contributed by atoms with Crippen LogP contribution in [0.5, 0.6) is 0 Å². The quantitative estimate of drug-likeness (QED) is 0.223. The van der Waals surface area contributed by atoms with Crippen LogP contribution in [0.15, 0.2) is 54.6 Å². The Balaban J connectivity index is 2.13. The minimum absolute atomic E-state index is 0.256. The average molecular weight is 682 g/mol. The number of hydrogen-bond acceptors (Lipinski definition) is 3. The molecular weight excluding hydrogens is 667 g/mol. The van der Waals surface area contributed by atoms with Gasteiger partial charge in [0.1, 0.15) is 0 Å². The monoisotopic (exact) mass is 678 g/mol. The van der Waals surface area contributed by atoms with Gasteiger partial charge in [-0.3, -0.25) is 0 Å². The molecule has 11 heteroatoms. The van der Waals surface area contributed by atoms with Crippen molar-refractivity contribution in [2.45, 2.75) is 17.3 Å². The van der Waals surface area contributed by atoms with Gasteiger partial charge in [0.2, 0.25) is 0 Å². The summed E-state index contributed by atoms with van der Waals surface area (Å²) in [6, 6.07) is 15.2. The summed E-state index contributed by atoms with van der Waals surface area (Å²) in [4.78, 5) is 0. The fourth-order valence-electron chi connectivity index (χ4n) is 3.13. The standard InChI is InChI=1S/C21H16Cl6OS.2O.Sb/c22-16-4-1-13(19(25)7-16)10-29(28,11-14-2-5-17(23)8-20(14)26)12-15-3-6-18(24)9-21(15)27;;;/h1-9,28H,10-12H2;;;/q;;;+1/p-1. The molecule has 0 amide bonds. The van der Waals surface area contributed by atoms with Gasteiger partial charge in [-0.05, 0) is 0 Å². The van der Waals surface area contributed by atoms with E-state index in [4.69, 9.17) is 72.1 Å². The zero-order valence-electron chi connectivity index (χ0n) is 16.2. The Morgan fingerprint density at radius 1 is 0.594 bits per heavy atom. The first-order valence-electron chi connectivity index (χ1n) is 8.99. The Hall–Kier alpha value is 0.128.